The van der Waals surface area contributed by atoms with Gasteiger partial charge in [0.05, 0.1) is 5.69 Å². The predicted molar refractivity (Wildman–Crippen MR) is 85.4 cm³/mol. The van der Waals surface area contributed by atoms with Crippen LogP contribution in [-0.4, -0.2) is 11.5 Å². The summed E-state index contributed by atoms with van der Waals surface area (Å²) < 4.78 is 28.1. The third-order valence-electron chi connectivity index (χ3n) is 2.65. The van der Waals surface area contributed by atoms with Gasteiger partial charge in [-0.15, -0.1) is 0 Å². The molecule has 0 atom stereocenters. The molecule has 0 radical (unpaired) electrons. The summed E-state index contributed by atoms with van der Waals surface area (Å²) in [6.07, 6.45) is 0.807. The minimum atomic E-state index is -0.776. The van der Waals surface area contributed by atoms with Gasteiger partial charge in [-0.3, -0.25) is 0 Å². The van der Waals surface area contributed by atoms with Gasteiger partial charge in [0.2, 0.25) is 0 Å². The lowest BCUT2D eigenvalue weighted by molar-refractivity contribution is 0.579. The van der Waals surface area contributed by atoms with Gasteiger partial charge < -0.3 is 10.6 Å². The van der Waals surface area contributed by atoms with Crippen LogP contribution in [0, 0.1) is 11.6 Å². The fourth-order valence-corrected chi connectivity index (χ4v) is 2.16. The molecule has 2 N–H and O–H groups in total. The fraction of sp³-hybridized carbons (Fsp3) is 0.214. The number of hydrogen-bond donors (Lipinski definition) is 2. The van der Waals surface area contributed by atoms with Crippen molar-refractivity contribution in [3.8, 4) is 0 Å². The molecule has 21 heavy (non-hydrogen) atoms. The van der Waals surface area contributed by atoms with Gasteiger partial charge in [0, 0.05) is 22.1 Å². The van der Waals surface area contributed by atoms with Crippen LogP contribution in [0.4, 0.5) is 26.1 Å². The number of nitrogens with one attached hydrogen (secondary N) is 2. The molecule has 7 heteroatoms. The van der Waals surface area contributed by atoms with Gasteiger partial charge >= 0.3 is 0 Å². The average Bonchev–Trinajstić information content (AvgIpc) is 2.44. The van der Waals surface area contributed by atoms with E-state index in [0.29, 0.717) is 21.7 Å². The van der Waals surface area contributed by atoms with E-state index in [1.807, 2.05) is 6.92 Å². The molecular formula is C14H13BrClF2N3. The second-order valence-corrected chi connectivity index (χ2v) is 5.62. The predicted octanol–water partition coefficient (Wildman–Crippen LogP) is 5.34. The monoisotopic (exact) mass is 375 g/mol. The van der Waals surface area contributed by atoms with Crippen LogP contribution in [0.3, 0.4) is 0 Å². The molecule has 0 saturated heterocycles. The minimum absolute atomic E-state index is 0.0129. The maximum Gasteiger partial charge on any atom is 0.169 e. The van der Waals surface area contributed by atoms with E-state index >= 15 is 0 Å². The summed E-state index contributed by atoms with van der Waals surface area (Å²) in [5, 5.41) is 6.11. The summed E-state index contributed by atoms with van der Waals surface area (Å²) in [5.41, 5.74) is 0.543. The summed E-state index contributed by atoms with van der Waals surface area (Å²) >= 11 is 9.23. The third kappa shape index (κ3) is 4.04. The molecule has 0 aliphatic rings. The van der Waals surface area contributed by atoms with Gasteiger partial charge in [-0.05, 0) is 40.5 Å². The Balaban J connectivity index is 2.32. The van der Waals surface area contributed by atoms with Gasteiger partial charge in [0.1, 0.15) is 0 Å². The van der Waals surface area contributed by atoms with Crippen molar-refractivity contribution in [1.29, 1.82) is 0 Å². The Morgan fingerprint density at radius 2 is 1.90 bits per heavy atom. The number of pyridine rings is 1. The van der Waals surface area contributed by atoms with Crippen molar-refractivity contribution in [3.05, 3.63) is 45.4 Å². The molecule has 0 aliphatic carbocycles. The molecule has 1 heterocycles. The Kier molecular flexibility index (Phi) is 5.36. The lowest BCUT2D eigenvalue weighted by Crippen LogP contribution is -2.07. The van der Waals surface area contributed by atoms with Gasteiger partial charge in [-0.25, -0.2) is 13.8 Å². The molecule has 0 bridgehead atoms. The van der Waals surface area contributed by atoms with Crippen molar-refractivity contribution in [1.82, 2.24) is 4.98 Å². The Bertz CT molecular complexity index is 652. The van der Waals surface area contributed by atoms with E-state index in [-0.39, 0.29) is 11.6 Å². The first-order valence-electron chi connectivity index (χ1n) is 6.33. The number of hydrogen-bond acceptors (Lipinski definition) is 3. The van der Waals surface area contributed by atoms with E-state index in [2.05, 4.69) is 31.5 Å². The normalized spacial score (nSPS) is 10.5. The number of benzene rings is 1. The second kappa shape index (κ2) is 7.04. The van der Waals surface area contributed by atoms with Crippen molar-refractivity contribution >= 4 is 44.9 Å². The van der Waals surface area contributed by atoms with Crippen molar-refractivity contribution in [2.75, 3.05) is 17.2 Å². The topological polar surface area (TPSA) is 37.0 Å². The van der Waals surface area contributed by atoms with Crippen molar-refractivity contribution in [2.45, 2.75) is 13.3 Å². The zero-order valence-electron chi connectivity index (χ0n) is 11.2. The van der Waals surface area contributed by atoms with Crippen molar-refractivity contribution in [2.24, 2.45) is 0 Å². The molecule has 0 amide bonds. The van der Waals surface area contributed by atoms with E-state index in [9.17, 15) is 8.78 Å². The summed E-state index contributed by atoms with van der Waals surface area (Å²) in [7, 11) is 0. The highest BCUT2D eigenvalue weighted by Crippen LogP contribution is 2.30. The first-order valence-corrected chi connectivity index (χ1v) is 7.50. The summed E-state index contributed by atoms with van der Waals surface area (Å²) in [5.74, 6) is -1.56. The lowest BCUT2D eigenvalue weighted by Gasteiger charge is -2.12. The first-order chi connectivity index (χ1) is 10.0. The van der Waals surface area contributed by atoms with Crippen molar-refractivity contribution < 1.29 is 8.78 Å². The van der Waals surface area contributed by atoms with E-state index in [1.165, 1.54) is 0 Å². The standard InChI is InChI=1S/C14H13BrClF2N3/c1-2-5-19-13-10(17)7-11(18)14(21-13)20-12-6-8(16)3-4-9(12)15/h3-4,6-7H,2,5H2,1H3,(H2,19,20,21). The van der Waals surface area contributed by atoms with Crippen LogP contribution in [-0.2, 0) is 0 Å². The molecule has 0 saturated carbocycles. The number of rotatable bonds is 5. The molecule has 112 valence electrons. The van der Waals surface area contributed by atoms with Gasteiger partial charge in [-0.2, -0.15) is 0 Å². The Hall–Kier alpha value is -1.40. The van der Waals surface area contributed by atoms with Crippen LogP contribution in [0.5, 0.6) is 0 Å². The molecule has 2 rings (SSSR count). The maximum absolute atomic E-state index is 13.8. The number of anilines is 3. The fourth-order valence-electron chi connectivity index (χ4n) is 1.64. The molecule has 0 aliphatic heterocycles. The minimum Gasteiger partial charge on any atom is -0.368 e. The van der Waals surface area contributed by atoms with Gasteiger partial charge in [0.15, 0.2) is 23.3 Å². The van der Waals surface area contributed by atoms with Gasteiger partial charge in [-0.1, -0.05) is 18.5 Å². The average molecular weight is 377 g/mol. The number of halogens is 4. The Morgan fingerprint density at radius 3 is 2.62 bits per heavy atom. The SMILES string of the molecule is CCCNc1nc(Nc2cc(Cl)ccc2Br)c(F)cc1F. The molecule has 0 unspecified atom stereocenters. The summed E-state index contributed by atoms with van der Waals surface area (Å²) in [6.45, 7) is 2.49. The summed E-state index contributed by atoms with van der Waals surface area (Å²) in [4.78, 5) is 3.94. The molecule has 3 nitrogen and oxygen atoms in total. The molecule has 0 fully saturated rings. The number of nitrogens with zero attached hydrogens (tertiary/aromatic N) is 1. The van der Waals surface area contributed by atoms with Crippen LogP contribution >= 0.6 is 27.5 Å². The lowest BCUT2D eigenvalue weighted by atomic mass is 10.3. The Labute approximate surface area is 134 Å². The highest BCUT2D eigenvalue weighted by Gasteiger charge is 2.13. The van der Waals surface area contributed by atoms with E-state index in [1.54, 1.807) is 18.2 Å². The van der Waals surface area contributed by atoms with Crippen LogP contribution in [0.2, 0.25) is 5.02 Å². The molecule has 2 aromatic rings. The highest BCUT2D eigenvalue weighted by atomic mass is 79.9. The molecule has 1 aromatic carbocycles. The zero-order chi connectivity index (χ0) is 15.4. The van der Waals surface area contributed by atoms with Crippen molar-refractivity contribution in [3.63, 3.8) is 0 Å². The Morgan fingerprint density at radius 1 is 1.19 bits per heavy atom. The third-order valence-corrected chi connectivity index (χ3v) is 3.58. The van der Waals surface area contributed by atoms with E-state index in [0.717, 1.165) is 12.5 Å². The largest absolute Gasteiger partial charge is 0.368 e. The molecular weight excluding hydrogens is 364 g/mol. The maximum atomic E-state index is 13.8. The second-order valence-electron chi connectivity index (χ2n) is 4.33. The van der Waals surface area contributed by atoms with Crippen LogP contribution in [0.1, 0.15) is 13.3 Å². The van der Waals surface area contributed by atoms with Gasteiger partial charge in [0.25, 0.3) is 0 Å². The smallest absolute Gasteiger partial charge is 0.169 e. The molecule has 0 spiro atoms. The quantitative estimate of drug-likeness (QED) is 0.739. The van der Waals surface area contributed by atoms with Crippen LogP contribution < -0.4 is 10.6 Å². The highest BCUT2D eigenvalue weighted by molar-refractivity contribution is 9.10. The summed E-state index contributed by atoms with van der Waals surface area (Å²) in [6, 6.07) is 5.84. The molecule has 1 aromatic heterocycles. The first kappa shape index (κ1) is 16.0. The van der Waals surface area contributed by atoms with E-state index in [4.69, 9.17) is 11.6 Å². The van der Waals surface area contributed by atoms with Crippen LogP contribution in [0.25, 0.3) is 0 Å². The van der Waals surface area contributed by atoms with E-state index < -0.39 is 11.6 Å². The zero-order valence-corrected chi connectivity index (χ0v) is 13.5. The number of aromatic nitrogens is 1. The van der Waals surface area contributed by atoms with Crippen LogP contribution in [0.15, 0.2) is 28.7 Å².